The zero-order valence-corrected chi connectivity index (χ0v) is 10.4. The Hall–Kier alpha value is -0.950. The van der Waals surface area contributed by atoms with Crippen molar-refractivity contribution in [2.75, 3.05) is 12.8 Å². The highest BCUT2D eigenvalue weighted by Crippen LogP contribution is 2.21. The highest BCUT2D eigenvalue weighted by Gasteiger charge is 2.19. The Balaban J connectivity index is 3.00. The van der Waals surface area contributed by atoms with Crippen molar-refractivity contribution in [1.82, 2.24) is 0 Å². The predicted molar refractivity (Wildman–Crippen MR) is 64.2 cm³/mol. The van der Waals surface area contributed by atoms with E-state index in [0.29, 0.717) is 5.56 Å². The molecule has 1 aromatic rings. The number of rotatable bonds is 5. The molecule has 0 aliphatic rings. The van der Waals surface area contributed by atoms with Crippen LogP contribution in [0.3, 0.4) is 0 Å². The minimum Gasteiger partial charge on any atom is -0.390 e. The van der Waals surface area contributed by atoms with Gasteiger partial charge in [-0.25, -0.2) is 8.42 Å². The number of nitrogens with two attached hydrogens (primary N) is 1. The Kier molecular flexibility index (Phi) is 4.64. The molecule has 0 spiro atoms. The Morgan fingerprint density at radius 3 is 2.53 bits per heavy atom. The molecule has 0 saturated heterocycles. The van der Waals surface area contributed by atoms with E-state index in [1.807, 2.05) is 0 Å². The summed E-state index contributed by atoms with van der Waals surface area (Å²) in [5, 5.41) is 19.4. The van der Waals surface area contributed by atoms with Gasteiger partial charge in [-0.15, -0.1) is 0 Å². The van der Waals surface area contributed by atoms with Gasteiger partial charge in [0.1, 0.15) is 6.10 Å². The maximum absolute atomic E-state index is 11.3. The van der Waals surface area contributed by atoms with Gasteiger partial charge in [-0.3, -0.25) is 0 Å². The zero-order valence-electron chi connectivity index (χ0n) is 9.57. The van der Waals surface area contributed by atoms with Gasteiger partial charge in [0, 0.05) is 6.26 Å². The van der Waals surface area contributed by atoms with Crippen molar-refractivity contribution in [2.24, 2.45) is 5.73 Å². The van der Waals surface area contributed by atoms with Crippen LogP contribution in [0.15, 0.2) is 29.2 Å². The molecular weight excluding hydrogens is 242 g/mol. The van der Waals surface area contributed by atoms with Gasteiger partial charge < -0.3 is 15.9 Å². The van der Waals surface area contributed by atoms with Gasteiger partial charge in [0.25, 0.3) is 0 Å². The molecule has 0 bridgehead atoms. The van der Waals surface area contributed by atoms with E-state index in [1.54, 1.807) is 6.07 Å². The fourth-order valence-electron chi connectivity index (χ4n) is 1.48. The molecule has 0 amide bonds. The number of hydrogen-bond acceptors (Lipinski definition) is 5. The molecule has 4 N–H and O–H groups in total. The summed E-state index contributed by atoms with van der Waals surface area (Å²) in [4.78, 5) is 0.119. The number of aliphatic hydroxyl groups is 2. The van der Waals surface area contributed by atoms with Crippen molar-refractivity contribution in [3.63, 3.8) is 0 Å². The van der Waals surface area contributed by atoms with Crippen LogP contribution in [0, 0.1) is 0 Å². The first kappa shape index (κ1) is 14.1. The van der Waals surface area contributed by atoms with Crippen molar-refractivity contribution in [2.45, 2.75) is 23.5 Å². The van der Waals surface area contributed by atoms with Crippen molar-refractivity contribution in [3.8, 4) is 0 Å². The first-order valence-corrected chi connectivity index (χ1v) is 7.11. The lowest BCUT2D eigenvalue weighted by atomic mass is 10.0. The third-order valence-electron chi connectivity index (χ3n) is 2.45. The summed E-state index contributed by atoms with van der Waals surface area (Å²) in [6, 6.07) is 5.91. The molecule has 6 heteroatoms. The molecule has 0 aliphatic heterocycles. The highest BCUT2D eigenvalue weighted by molar-refractivity contribution is 7.90. The lowest BCUT2D eigenvalue weighted by Crippen LogP contribution is -2.21. The number of hydrogen-bond donors (Lipinski definition) is 3. The molecule has 1 rings (SSSR count). The molecule has 0 aromatic heterocycles. The molecule has 96 valence electrons. The summed E-state index contributed by atoms with van der Waals surface area (Å²) in [6.45, 7) is 0.254. The lowest BCUT2D eigenvalue weighted by molar-refractivity contribution is 0.0149. The monoisotopic (exact) mass is 259 g/mol. The van der Waals surface area contributed by atoms with E-state index < -0.39 is 22.0 Å². The van der Waals surface area contributed by atoms with Crippen LogP contribution in [0.2, 0.25) is 0 Å². The fraction of sp³-hybridized carbons (Fsp3) is 0.455. The summed E-state index contributed by atoms with van der Waals surface area (Å²) in [5.74, 6) is 0. The largest absolute Gasteiger partial charge is 0.390 e. The van der Waals surface area contributed by atoms with E-state index in [9.17, 15) is 18.6 Å². The summed E-state index contributed by atoms with van der Waals surface area (Å²) < 4.78 is 22.7. The summed E-state index contributed by atoms with van der Waals surface area (Å²) in [6.07, 6.45) is -0.769. The van der Waals surface area contributed by atoms with Crippen molar-refractivity contribution in [3.05, 3.63) is 29.8 Å². The van der Waals surface area contributed by atoms with E-state index in [4.69, 9.17) is 5.73 Å². The Morgan fingerprint density at radius 2 is 2.00 bits per heavy atom. The van der Waals surface area contributed by atoms with Crippen molar-refractivity contribution >= 4 is 9.84 Å². The van der Waals surface area contributed by atoms with Crippen molar-refractivity contribution in [1.29, 1.82) is 0 Å². The normalized spacial score (nSPS) is 15.5. The smallest absolute Gasteiger partial charge is 0.175 e. The highest BCUT2D eigenvalue weighted by atomic mass is 32.2. The summed E-state index contributed by atoms with van der Waals surface area (Å²) in [7, 11) is -3.31. The molecule has 0 heterocycles. The zero-order chi connectivity index (χ0) is 13.1. The van der Waals surface area contributed by atoms with Crippen LogP contribution in [-0.4, -0.2) is 37.5 Å². The van der Waals surface area contributed by atoms with E-state index in [1.165, 1.54) is 18.2 Å². The van der Waals surface area contributed by atoms with E-state index in [0.717, 1.165) is 6.26 Å². The molecule has 0 saturated carbocycles. The van der Waals surface area contributed by atoms with Gasteiger partial charge in [-0.05, 0) is 30.7 Å². The fourth-order valence-corrected chi connectivity index (χ4v) is 2.16. The molecule has 0 aliphatic carbocycles. The minimum atomic E-state index is -3.31. The van der Waals surface area contributed by atoms with Gasteiger partial charge >= 0.3 is 0 Å². The number of aliphatic hydroxyl groups excluding tert-OH is 2. The first-order valence-electron chi connectivity index (χ1n) is 5.22. The van der Waals surface area contributed by atoms with Crippen LogP contribution in [0.25, 0.3) is 0 Å². The molecule has 1 aromatic carbocycles. The third kappa shape index (κ3) is 3.78. The van der Waals surface area contributed by atoms with Crippen LogP contribution in [0.5, 0.6) is 0 Å². The van der Waals surface area contributed by atoms with Gasteiger partial charge in [0.2, 0.25) is 0 Å². The molecule has 2 unspecified atom stereocenters. The second-order valence-corrected chi connectivity index (χ2v) is 5.95. The minimum absolute atomic E-state index is 0.119. The molecule has 17 heavy (non-hydrogen) atoms. The number of sulfone groups is 1. The van der Waals surface area contributed by atoms with E-state index in [2.05, 4.69) is 0 Å². The topological polar surface area (TPSA) is 101 Å². The summed E-state index contributed by atoms with van der Waals surface area (Å²) in [5.41, 5.74) is 5.65. The molecule has 0 fully saturated rings. The summed E-state index contributed by atoms with van der Waals surface area (Å²) >= 11 is 0. The van der Waals surface area contributed by atoms with Gasteiger partial charge in [0.15, 0.2) is 9.84 Å². The van der Waals surface area contributed by atoms with Gasteiger partial charge in [-0.1, -0.05) is 12.1 Å². The van der Waals surface area contributed by atoms with Crippen LogP contribution >= 0.6 is 0 Å². The average Bonchev–Trinajstić information content (AvgIpc) is 2.27. The third-order valence-corrected chi connectivity index (χ3v) is 3.56. The predicted octanol–water partition coefficient (Wildman–Crippen LogP) is -0.167. The molecule has 2 atom stereocenters. The SMILES string of the molecule is CS(=O)(=O)c1cccc(C(O)C(O)CCN)c1. The van der Waals surface area contributed by atoms with Crippen LogP contribution in [0.1, 0.15) is 18.1 Å². The Bertz CT molecular complexity index is 472. The van der Waals surface area contributed by atoms with Crippen LogP contribution in [-0.2, 0) is 9.84 Å². The Morgan fingerprint density at radius 1 is 1.35 bits per heavy atom. The lowest BCUT2D eigenvalue weighted by Gasteiger charge is -2.17. The Labute approximate surface area is 101 Å². The maximum Gasteiger partial charge on any atom is 0.175 e. The molecular formula is C11H17NO4S. The van der Waals surface area contributed by atoms with Crippen LogP contribution in [0.4, 0.5) is 0 Å². The van der Waals surface area contributed by atoms with Crippen molar-refractivity contribution < 1.29 is 18.6 Å². The first-order chi connectivity index (χ1) is 7.86. The maximum atomic E-state index is 11.3. The quantitative estimate of drug-likeness (QED) is 0.682. The molecule has 5 nitrogen and oxygen atoms in total. The second-order valence-electron chi connectivity index (χ2n) is 3.93. The van der Waals surface area contributed by atoms with Crippen LogP contribution < -0.4 is 5.73 Å². The number of benzene rings is 1. The van der Waals surface area contributed by atoms with Gasteiger partial charge in [-0.2, -0.15) is 0 Å². The van der Waals surface area contributed by atoms with E-state index >= 15 is 0 Å². The van der Waals surface area contributed by atoms with Gasteiger partial charge in [0.05, 0.1) is 11.0 Å². The molecule has 0 radical (unpaired) electrons. The standard InChI is InChI=1S/C11H17NO4S/c1-17(15,16)9-4-2-3-8(7-9)11(14)10(13)5-6-12/h2-4,7,10-11,13-14H,5-6,12H2,1H3. The second kappa shape index (κ2) is 5.59. The average molecular weight is 259 g/mol. The van der Waals surface area contributed by atoms with E-state index in [-0.39, 0.29) is 17.9 Å².